The van der Waals surface area contributed by atoms with Gasteiger partial charge in [-0.3, -0.25) is 9.78 Å². The molecule has 0 saturated carbocycles. The third kappa shape index (κ3) is 4.72. The van der Waals surface area contributed by atoms with E-state index in [4.69, 9.17) is 0 Å². The number of halogens is 3. The van der Waals surface area contributed by atoms with E-state index in [0.717, 1.165) is 39.1 Å². The molecule has 0 radical (unpaired) electrons. The number of amides is 1. The monoisotopic (exact) mass is 457 g/mol. The van der Waals surface area contributed by atoms with E-state index in [0.29, 0.717) is 0 Å². The van der Waals surface area contributed by atoms with Crippen molar-refractivity contribution in [3.05, 3.63) is 76.2 Å². The van der Waals surface area contributed by atoms with E-state index in [1.807, 2.05) is 51.1 Å². The van der Waals surface area contributed by atoms with E-state index in [-0.39, 0.29) is 24.3 Å². The fourth-order valence-electron chi connectivity index (χ4n) is 4.11. The van der Waals surface area contributed by atoms with Crippen molar-refractivity contribution in [3.63, 3.8) is 0 Å². The van der Waals surface area contributed by atoms with Gasteiger partial charge in [0.25, 0.3) is 5.91 Å². The van der Waals surface area contributed by atoms with Gasteiger partial charge in [0.15, 0.2) is 6.04 Å². The number of nitrogens with zero attached hydrogens (tertiary/aromatic N) is 3. The van der Waals surface area contributed by atoms with E-state index >= 15 is 0 Å². The second-order valence-corrected chi connectivity index (χ2v) is 8.37. The maximum atomic E-state index is 13.9. The van der Waals surface area contributed by atoms with Crippen molar-refractivity contribution in [1.29, 1.82) is 0 Å². The maximum Gasteiger partial charge on any atom is 0.410 e. The molecule has 1 aliphatic heterocycles. The number of aromatic nitrogens is 3. The van der Waals surface area contributed by atoms with Crippen molar-refractivity contribution in [2.45, 2.75) is 58.4 Å². The molecule has 0 fully saturated rings. The van der Waals surface area contributed by atoms with E-state index in [1.54, 1.807) is 6.20 Å². The average Bonchev–Trinajstić information content (AvgIpc) is 3.21. The molecule has 0 unspecified atom stereocenters. The van der Waals surface area contributed by atoms with E-state index < -0.39 is 24.2 Å². The quantitative estimate of drug-likeness (QED) is 0.563. The summed E-state index contributed by atoms with van der Waals surface area (Å²) in [4.78, 5) is 17.1. The molecule has 0 spiro atoms. The number of benzene rings is 1. The number of alkyl halides is 3. The summed E-state index contributed by atoms with van der Waals surface area (Å²) in [7, 11) is 0. The third-order valence-corrected chi connectivity index (χ3v) is 6.07. The summed E-state index contributed by atoms with van der Waals surface area (Å²) in [6.07, 6.45) is -0.982. The van der Waals surface area contributed by atoms with E-state index in [9.17, 15) is 18.0 Å². The normalized spacial score (nSPS) is 17.9. The van der Waals surface area contributed by atoms with Gasteiger partial charge in [-0.2, -0.15) is 18.3 Å². The standard InChI is InChI=1S/C24H26F3N5O/c1-4-16-5-7-17(8-6-16)20-10-21(24(25,26)27)32-22(31-20)19(13-30-32)23(33)29-12-18-11-28-15(3)9-14(18)2/h5-9,11,13,20-21,31H,4,10,12H2,1-3H3,(H,29,33)/t20-,21+/m1/s1. The van der Waals surface area contributed by atoms with Crippen LogP contribution in [0.25, 0.3) is 0 Å². The van der Waals surface area contributed by atoms with Gasteiger partial charge in [0.2, 0.25) is 0 Å². The molecule has 33 heavy (non-hydrogen) atoms. The molecule has 2 atom stereocenters. The number of anilines is 1. The number of hydrogen-bond donors (Lipinski definition) is 2. The zero-order valence-corrected chi connectivity index (χ0v) is 18.7. The summed E-state index contributed by atoms with van der Waals surface area (Å²) in [5, 5.41) is 9.83. The van der Waals surface area contributed by atoms with Crippen LogP contribution in [-0.4, -0.2) is 26.8 Å². The Bertz CT molecular complexity index is 1150. The van der Waals surface area contributed by atoms with Gasteiger partial charge < -0.3 is 10.6 Å². The SMILES string of the molecule is CCc1ccc([C@H]2C[C@@H](C(F)(F)F)n3ncc(C(=O)NCc4cnc(C)cc4C)c3N2)cc1. The summed E-state index contributed by atoms with van der Waals surface area (Å²) in [5.74, 6) is -0.420. The highest BCUT2D eigenvalue weighted by atomic mass is 19.4. The molecule has 3 heterocycles. The van der Waals surface area contributed by atoms with Crippen molar-refractivity contribution in [2.24, 2.45) is 0 Å². The van der Waals surface area contributed by atoms with Crippen molar-refractivity contribution in [3.8, 4) is 0 Å². The lowest BCUT2D eigenvalue weighted by Crippen LogP contribution is -2.36. The van der Waals surface area contributed by atoms with Gasteiger partial charge in [0.1, 0.15) is 11.4 Å². The first kappa shape index (κ1) is 22.8. The lowest BCUT2D eigenvalue weighted by Gasteiger charge is -2.34. The van der Waals surface area contributed by atoms with Crippen LogP contribution in [-0.2, 0) is 13.0 Å². The van der Waals surface area contributed by atoms with Crippen LogP contribution in [0.4, 0.5) is 19.0 Å². The summed E-state index contributed by atoms with van der Waals surface area (Å²) < 4.78 is 42.5. The molecule has 9 heteroatoms. The minimum Gasteiger partial charge on any atom is -0.363 e. The van der Waals surface area contributed by atoms with E-state index in [1.165, 1.54) is 6.20 Å². The minimum atomic E-state index is -4.50. The Labute approximate surface area is 190 Å². The Morgan fingerprint density at radius 1 is 1.21 bits per heavy atom. The third-order valence-electron chi connectivity index (χ3n) is 6.07. The Hall–Kier alpha value is -3.36. The Morgan fingerprint density at radius 2 is 1.94 bits per heavy atom. The van der Waals surface area contributed by atoms with Crippen LogP contribution in [0.15, 0.2) is 42.7 Å². The molecule has 1 amide bonds. The predicted octanol–water partition coefficient (Wildman–Crippen LogP) is 5.05. The summed E-state index contributed by atoms with van der Waals surface area (Å²) in [6, 6.07) is 6.99. The molecule has 6 nitrogen and oxygen atoms in total. The maximum absolute atomic E-state index is 13.9. The first-order valence-electron chi connectivity index (χ1n) is 10.9. The number of pyridine rings is 1. The van der Waals surface area contributed by atoms with Crippen LogP contribution >= 0.6 is 0 Å². The highest BCUT2D eigenvalue weighted by Crippen LogP contribution is 2.44. The number of carbonyl (C=O) groups is 1. The Kier molecular flexibility index (Phi) is 6.14. The van der Waals surface area contributed by atoms with Gasteiger partial charge in [0.05, 0.1) is 12.2 Å². The van der Waals surface area contributed by atoms with Crippen LogP contribution in [0, 0.1) is 13.8 Å². The number of rotatable bonds is 5. The molecule has 2 N–H and O–H groups in total. The smallest absolute Gasteiger partial charge is 0.363 e. The molecular formula is C24H26F3N5O. The lowest BCUT2D eigenvalue weighted by atomic mass is 9.95. The second kappa shape index (κ2) is 8.88. The van der Waals surface area contributed by atoms with Crippen molar-refractivity contribution in [2.75, 3.05) is 5.32 Å². The molecule has 0 saturated heterocycles. The van der Waals surface area contributed by atoms with E-state index in [2.05, 4.69) is 20.7 Å². The topological polar surface area (TPSA) is 71.8 Å². The summed E-state index contributed by atoms with van der Waals surface area (Å²) >= 11 is 0. The molecule has 0 bridgehead atoms. The summed E-state index contributed by atoms with van der Waals surface area (Å²) in [6.45, 7) is 6.03. The largest absolute Gasteiger partial charge is 0.410 e. The number of carbonyl (C=O) groups excluding carboxylic acids is 1. The molecular weight excluding hydrogens is 431 g/mol. The van der Waals surface area contributed by atoms with Crippen LogP contribution in [0.1, 0.15) is 63.7 Å². The zero-order chi connectivity index (χ0) is 23.8. The number of hydrogen-bond acceptors (Lipinski definition) is 4. The van der Waals surface area contributed by atoms with Crippen molar-refractivity contribution in [1.82, 2.24) is 20.1 Å². The number of nitrogens with one attached hydrogen (secondary N) is 2. The number of fused-ring (bicyclic) bond motifs is 1. The molecule has 4 rings (SSSR count). The van der Waals surface area contributed by atoms with Crippen LogP contribution in [0.5, 0.6) is 0 Å². The van der Waals surface area contributed by atoms with Gasteiger partial charge in [-0.05, 0) is 48.6 Å². The molecule has 174 valence electrons. The fourth-order valence-corrected chi connectivity index (χ4v) is 4.11. The van der Waals surface area contributed by atoms with Crippen LogP contribution in [0.3, 0.4) is 0 Å². The van der Waals surface area contributed by atoms with Crippen LogP contribution < -0.4 is 10.6 Å². The van der Waals surface area contributed by atoms with Crippen molar-refractivity contribution >= 4 is 11.7 Å². The highest BCUT2D eigenvalue weighted by molar-refractivity contribution is 5.98. The summed E-state index contributed by atoms with van der Waals surface area (Å²) in [5.41, 5.74) is 4.61. The molecule has 3 aromatic rings. The average molecular weight is 458 g/mol. The molecule has 1 aliphatic rings. The van der Waals surface area contributed by atoms with Crippen LogP contribution in [0.2, 0.25) is 0 Å². The molecule has 0 aliphatic carbocycles. The molecule has 1 aromatic carbocycles. The van der Waals surface area contributed by atoms with Crippen molar-refractivity contribution < 1.29 is 18.0 Å². The first-order chi connectivity index (χ1) is 15.7. The first-order valence-corrected chi connectivity index (χ1v) is 10.9. The second-order valence-electron chi connectivity index (χ2n) is 8.37. The van der Waals surface area contributed by atoms with Gasteiger partial charge in [-0.1, -0.05) is 31.2 Å². The molecule has 2 aromatic heterocycles. The van der Waals surface area contributed by atoms with Gasteiger partial charge in [0, 0.05) is 24.9 Å². The van der Waals surface area contributed by atoms with Gasteiger partial charge in [-0.15, -0.1) is 0 Å². The highest BCUT2D eigenvalue weighted by Gasteiger charge is 2.47. The van der Waals surface area contributed by atoms with Gasteiger partial charge >= 0.3 is 6.18 Å². The predicted molar refractivity (Wildman–Crippen MR) is 119 cm³/mol. The lowest BCUT2D eigenvalue weighted by molar-refractivity contribution is -0.173. The van der Waals surface area contributed by atoms with Gasteiger partial charge in [-0.25, -0.2) is 4.68 Å². The minimum absolute atomic E-state index is 0.0735. The fraction of sp³-hybridized carbons (Fsp3) is 0.375. The number of aryl methyl sites for hydroxylation is 3. The Balaban J connectivity index is 1.60. The zero-order valence-electron chi connectivity index (χ0n) is 18.7. The Morgan fingerprint density at radius 3 is 2.58 bits per heavy atom.